The van der Waals surface area contributed by atoms with E-state index < -0.39 is 16.1 Å². The third-order valence-electron chi connectivity index (χ3n) is 7.01. The lowest BCUT2D eigenvalue weighted by molar-refractivity contribution is -0.141. The summed E-state index contributed by atoms with van der Waals surface area (Å²) in [5.41, 5.74) is 4.19. The molecule has 0 radical (unpaired) electrons. The smallest absolute Gasteiger partial charge is 0.243 e. The number of carbonyl (C=O) groups excluding carboxylic acids is 2. The lowest BCUT2D eigenvalue weighted by atomic mass is 10.0. The molecule has 9 heteroatoms. The maximum atomic E-state index is 13.9. The largest absolute Gasteiger partial charge is 0.354 e. The molecule has 3 aromatic rings. The fraction of sp³-hybridized carbons (Fsp3) is 0.375. The van der Waals surface area contributed by atoms with Crippen LogP contribution in [0.25, 0.3) is 0 Å². The van der Waals surface area contributed by atoms with Crippen molar-refractivity contribution in [2.75, 3.05) is 23.7 Å². The molecule has 3 aromatic carbocycles. The van der Waals surface area contributed by atoms with E-state index in [4.69, 9.17) is 11.6 Å². The zero-order valence-electron chi connectivity index (χ0n) is 24.3. The van der Waals surface area contributed by atoms with Gasteiger partial charge in [-0.15, -0.1) is 0 Å². The Balaban J connectivity index is 1.90. The van der Waals surface area contributed by atoms with Crippen LogP contribution in [0.5, 0.6) is 0 Å². The Bertz CT molecular complexity index is 1430. The number of rotatable bonds is 14. The number of halogens is 1. The van der Waals surface area contributed by atoms with Gasteiger partial charge in [0.15, 0.2) is 0 Å². The Morgan fingerprint density at radius 2 is 1.63 bits per heavy atom. The van der Waals surface area contributed by atoms with Gasteiger partial charge >= 0.3 is 0 Å². The van der Waals surface area contributed by atoms with E-state index >= 15 is 0 Å². The first-order valence-corrected chi connectivity index (χ1v) is 16.1. The third-order valence-corrected chi connectivity index (χ3v) is 8.43. The average Bonchev–Trinajstić information content (AvgIpc) is 2.94. The summed E-state index contributed by atoms with van der Waals surface area (Å²) in [7, 11) is -3.62. The number of sulfonamides is 1. The molecule has 0 unspecified atom stereocenters. The van der Waals surface area contributed by atoms with Crippen LogP contribution in [-0.4, -0.2) is 50.5 Å². The number of aryl methyl sites for hydroxylation is 2. The molecule has 0 fully saturated rings. The molecule has 3 rings (SSSR count). The number of benzene rings is 3. The number of anilines is 1. The van der Waals surface area contributed by atoms with Gasteiger partial charge in [-0.05, 0) is 61.1 Å². The van der Waals surface area contributed by atoms with Gasteiger partial charge in [0, 0.05) is 37.5 Å². The van der Waals surface area contributed by atoms with E-state index in [1.54, 1.807) is 23.1 Å². The van der Waals surface area contributed by atoms with Crippen LogP contribution in [0.2, 0.25) is 5.02 Å². The van der Waals surface area contributed by atoms with Crippen LogP contribution in [0.4, 0.5) is 5.69 Å². The Labute approximate surface area is 249 Å². The number of nitrogens with one attached hydrogen (secondary N) is 1. The molecule has 0 bridgehead atoms. The first-order chi connectivity index (χ1) is 19.5. The van der Waals surface area contributed by atoms with Gasteiger partial charge in [0.25, 0.3) is 0 Å². The van der Waals surface area contributed by atoms with Crippen LogP contribution in [0.3, 0.4) is 0 Å². The van der Waals surface area contributed by atoms with Crippen LogP contribution in [-0.2, 0) is 32.6 Å². The minimum Gasteiger partial charge on any atom is -0.354 e. The minimum atomic E-state index is -3.62. The van der Waals surface area contributed by atoms with Crippen LogP contribution < -0.4 is 9.62 Å². The highest BCUT2D eigenvalue weighted by molar-refractivity contribution is 7.92. The minimum absolute atomic E-state index is 0.0733. The monoisotopic (exact) mass is 597 g/mol. The van der Waals surface area contributed by atoms with Crippen molar-refractivity contribution in [3.05, 3.63) is 100 Å². The summed E-state index contributed by atoms with van der Waals surface area (Å²) in [5, 5.41) is 3.41. The zero-order chi connectivity index (χ0) is 30.0. The zero-order valence-corrected chi connectivity index (χ0v) is 25.8. The van der Waals surface area contributed by atoms with Crippen LogP contribution in [0.15, 0.2) is 72.8 Å². The van der Waals surface area contributed by atoms with Crippen molar-refractivity contribution in [2.24, 2.45) is 0 Å². The van der Waals surface area contributed by atoms with E-state index in [9.17, 15) is 18.0 Å². The lowest BCUT2D eigenvalue weighted by Crippen LogP contribution is -2.50. The second kappa shape index (κ2) is 15.0. The number of nitrogens with zero attached hydrogens (tertiary/aromatic N) is 2. The van der Waals surface area contributed by atoms with Gasteiger partial charge < -0.3 is 10.2 Å². The Morgan fingerprint density at radius 1 is 0.951 bits per heavy atom. The molecule has 0 aliphatic carbocycles. The normalized spacial score (nSPS) is 12.0. The Morgan fingerprint density at radius 3 is 2.29 bits per heavy atom. The molecular formula is C32H40ClN3O4S. The van der Waals surface area contributed by atoms with Crippen molar-refractivity contribution < 1.29 is 18.0 Å². The summed E-state index contributed by atoms with van der Waals surface area (Å²) in [6.45, 7) is 6.68. The third kappa shape index (κ3) is 9.33. The van der Waals surface area contributed by atoms with E-state index in [0.29, 0.717) is 23.7 Å². The fourth-order valence-corrected chi connectivity index (χ4v) is 5.91. The summed E-state index contributed by atoms with van der Waals surface area (Å²) >= 11 is 6.17. The first kappa shape index (κ1) is 32.2. The topological polar surface area (TPSA) is 86.8 Å². The van der Waals surface area contributed by atoms with E-state index in [2.05, 4.69) is 5.32 Å². The first-order valence-electron chi connectivity index (χ1n) is 13.9. The average molecular weight is 598 g/mol. The fourth-order valence-electron chi connectivity index (χ4n) is 4.72. The molecule has 1 atom stereocenters. The van der Waals surface area contributed by atoms with Crippen LogP contribution in [0, 0.1) is 13.8 Å². The molecule has 41 heavy (non-hydrogen) atoms. The maximum Gasteiger partial charge on any atom is 0.243 e. The molecule has 0 saturated carbocycles. The summed E-state index contributed by atoms with van der Waals surface area (Å²) in [5.74, 6) is -0.415. The van der Waals surface area contributed by atoms with Gasteiger partial charge in [-0.1, -0.05) is 79.2 Å². The standard InChI is InChI=1S/C32H40ClN3O4S/c1-5-19-34-32(38)30(21-26-13-7-6-8-14-26)35(23-27-15-10-9-12-24(27)2)31(37)16-11-20-36(41(4,39)40)29-22-28(33)18-17-25(29)3/h6-10,12-15,17-18,22,30H,5,11,16,19-21,23H2,1-4H3,(H,34,38)/t30-/m0/s1. The predicted octanol–water partition coefficient (Wildman–Crippen LogP) is 5.67. The van der Waals surface area contributed by atoms with E-state index in [1.165, 1.54) is 4.31 Å². The molecular weight excluding hydrogens is 558 g/mol. The predicted molar refractivity (Wildman–Crippen MR) is 167 cm³/mol. The van der Waals surface area contributed by atoms with Gasteiger partial charge in [-0.25, -0.2) is 8.42 Å². The van der Waals surface area contributed by atoms with Crippen molar-refractivity contribution in [1.29, 1.82) is 0 Å². The van der Waals surface area contributed by atoms with Crippen molar-refractivity contribution >= 4 is 39.1 Å². The maximum absolute atomic E-state index is 13.9. The van der Waals surface area contributed by atoms with Gasteiger partial charge in [0.05, 0.1) is 11.9 Å². The van der Waals surface area contributed by atoms with Crippen molar-refractivity contribution in [3.8, 4) is 0 Å². The molecule has 0 aliphatic heterocycles. The number of hydrogen-bond donors (Lipinski definition) is 1. The Kier molecular flexibility index (Phi) is 11.8. The van der Waals surface area contributed by atoms with Gasteiger partial charge in [-0.2, -0.15) is 0 Å². The molecule has 0 saturated heterocycles. The van der Waals surface area contributed by atoms with E-state index in [1.807, 2.05) is 75.4 Å². The van der Waals surface area contributed by atoms with Gasteiger partial charge in [-0.3, -0.25) is 13.9 Å². The molecule has 0 aromatic heterocycles. The molecule has 0 spiro atoms. The molecule has 220 valence electrons. The molecule has 0 heterocycles. The van der Waals surface area contributed by atoms with E-state index in [0.717, 1.165) is 34.9 Å². The molecule has 7 nitrogen and oxygen atoms in total. The number of hydrogen-bond acceptors (Lipinski definition) is 4. The summed E-state index contributed by atoms with van der Waals surface area (Å²) in [6, 6.07) is 21.9. The van der Waals surface area contributed by atoms with Crippen molar-refractivity contribution in [2.45, 2.75) is 59.0 Å². The van der Waals surface area contributed by atoms with Gasteiger partial charge in [0.2, 0.25) is 21.8 Å². The highest BCUT2D eigenvalue weighted by Gasteiger charge is 2.30. The second-order valence-corrected chi connectivity index (χ2v) is 12.7. The summed E-state index contributed by atoms with van der Waals surface area (Å²) < 4.78 is 26.7. The van der Waals surface area contributed by atoms with Crippen LogP contribution in [0.1, 0.15) is 48.4 Å². The Hall–Kier alpha value is -3.36. The number of carbonyl (C=O) groups is 2. The van der Waals surface area contributed by atoms with Gasteiger partial charge in [0.1, 0.15) is 6.04 Å². The van der Waals surface area contributed by atoms with Crippen molar-refractivity contribution in [1.82, 2.24) is 10.2 Å². The molecule has 2 amide bonds. The lowest BCUT2D eigenvalue weighted by Gasteiger charge is -2.32. The highest BCUT2D eigenvalue weighted by atomic mass is 35.5. The van der Waals surface area contributed by atoms with Crippen LogP contribution >= 0.6 is 11.6 Å². The second-order valence-electron chi connectivity index (χ2n) is 10.3. The molecule has 1 N–H and O–H groups in total. The summed E-state index contributed by atoms with van der Waals surface area (Å²) in [4.78, 5) is 29.1. The SMILES string of the molecule is CCCNC(=O)[C@H](Cc1ccccc1)N(Cc1ccccc1C)C(=O)CCCN(c1cc(Cl)ccc1C)S(C)(=O)=O. The van der Waals surface area contributed by atoms with E-state index in [-0.39, 0.29) is 37.7 Å². The highest BCUT2D eigenvalue weighted by Crippen LogP contribution is 2.27. The number of amides is 2. The summed E-state index contributed by atoms with van der Waals surface area (Å²) in [6.07, 6.45) is 2.64. The quantitative estimate of drug-likeness (QED) is 0.259. The molecule has 0 aliphatic rings. The van der Waals surface area contributed by atoms with Crippen molar-refractivity contribution in [3.63, 3.8) is 0 Å².